The van der Waals surface area contributed by atoms with Gasteiger partial charge in [0.15, 0.2) is 0 Å². The first-order chi connectivity index (χ1) is 13.9. The van der Waals surface area contributed by atoms with Crippen molar-refractivity contribution in [3.8, 4) is 0 Å². The van der Waals surface area contributed by atoms with E-state index < -0.39 is 11.7 Å². The molecule has 3 aromatic rings. The molecule has 1 N–H and O–H groups in total. The van der Waals surface area contributed by atoms with Crippen molar-refractivity contribution in [1.29, 1.82) is 0 Å². The third kappa shape index (κ3) is 3.99. The number of pyridine rings is 2. The van der Waals surface area contributed by atoms with Gasteiger partial charge in [0.2, 0.25) is 0 Å². The quantitative estimate of drug-likeness (QED) is 0.575. The topological polar surface area (TPSA) is 54.9 Å². The van der Waals surface area contributed by atoms with Gasteiger partial charge in [-0.2, -0.15) is 13.2 Å². The van der Waals surface area contributed by atoms with Crippen LogP contribution >= 0.6 is 0 Å². The van der Waals surface area contributed by atoms with E-state index in [1.165, 1.54) is 12.3 Å². The molecule has 1 aromatic carbocycles. The second-order valence-corrected chi connectivity index (χ2v) is 7.85. The van der Waals surface area contributed by atoms with E-state index in [0.29, 0.717) is 12.1 Å². The second-order valence-electron chi connectivity index (χ2n) is 7.44. The Morgan fingerprint density at radius 1 is 1.21 bits per heavy atom. The highest BCUT2D eigenvalue weighted by Gasteiger charge is 2.36. The van der Waals surface area contributed by atoms with E-state index >= 15 is 0 Å². The summed E-state index contributed by atoms with van der Waals surface area (Å²) < 4.78 is 52.8. The molecule has 0 spiro atoms. The number of anilines is 1. The SMILES string of the molecule is Cc1cc2c(N[SH]=O)cccc2nc1CC1CCC1c1cc(C(F)(F)F)ccn1. The number of halogens is 3. The van der Waals surface area contributed by atoms with Crippen LogP contribution in [-0.2, 0) is 24.4 Å². The van der Waals surface area contributed by atoms with Crippen molar-refractivity contribution in [3.63, 3.8) is 0 Å². The van der Waals surface area contributed by atoms with Crippen LogP contribution in [0, 0.1) is 12.8 Å². The van der Waals surface area contributed by atoms with Crippen molar-refractivity contribution < 1.29 is 17.4 Å². The number of hydrogen-bond donors (Lipinski definition) is 2. The van der Waals surface area contributed by atoms with E-state index in [1.54, 1.807) is 0 Å². The maximum Gasteiger partial charge on any atom is 0.416 e. The Bertz CT molecular complexity index is 1070. The molecular formula is C21H20F3N3OS. The third-order valence-corrected chi connectivity index (χ3v) is 6.01. The van der Waals surface area contributed by atoms with Gasteiger partial charge in [-0.1, -0.05) is 6.07 Å². The number of nitrogens with one attached hydrogen (secondary N) is 1. The molecule has 2 aromatic heterocycles. The monoisotopic (exact) mass is 419 g/mol. The van der Waals surface area contributed by atoms with Crippen molar-refractivity contribution in [3.05, 3.63) is 65.1 Å². The molecule has 1 fully saturated rings. The van der Waals surface area contributed by atoms with Gasteiger partial charge in [-0.15, -0.1) is 0 Å². The highest BCUT2D eigenvalue weighted by molar-refractivity contribution is 7.67. The summed E-state index contributed by atoms with van der Waals surface area (Å²) in [5.74, 6) is 0.234. The summed E-state index contributed by atoms with van der Waals surface area (Å²) in [4.78, 5) is 8.99. The van der Waals surface area contributed by atoms with Gasteiger partial charge < -0.3 is 4.72 Å². The Labute approximate surface area is 170 Å². The van der Waals surface area contributed by atoms with Crippen molar-refractivity contribution in [1.82, 2.24) is 9.97 Å². The Balaban J connectivity index is 1.59. The Morgan fingerprint density at radius 3 is 2.72 bits per heavy atom. The summed E-state index contributed by atoms with van der Waals surface area (Å²) in [6, 6.07) is 9.80. The normalized spacial score (nSPS) is 19.2. The fourth-order valence-corrected chi connectivity index (χ4v) is 4.26. The first-order valence-corrected chi connectivity index (χ1v) is 10.2. The second kappa shape index (κ2) is 7.74. The number of fused-ring (bicyclic) bond motifs is 1. The Kier molecular flexibility index (Phi) is 5.29. The molecule has 0 radical (unpaired) electrons. The molecule has 0 aliphatic heterocycles. The number of alkyl halides is 3. The summed E-state index contributed by atoms with van der Waals surface area (Å²) in [5.41, 5.74) is 3.36. The van der Waals surface area contributed by atoms with Crippen LogP contribution in [0.1, 0.15) is 41.3 Å². The van der Waals surface area contributed by atoms with Crippen LogP contribution < -0.4 is 4.72 Å². The minimum absolute atomic E-state index is 0.0152. The number of aryl methyl sites for hydroxylation is 1. The predicted molar refractivity (Wildman–Crippen MR) is 108 cm³/mol. The molecule has 4 nitrogen and oxygen atoms in total. The fourth-order valence-electron chi connectivity index (χ4n) is 3.97. The fraction of sp³-hybridized carbons (Fsp3) is 0.333. The zero-order valence-corrected chi connectivity index (χ0v) is 16.6. The van der Waals surface area contributed by atoms with Gasteiger partial charge in [0, 0.05) is 28.9 Å². The molecule has 29 heavy (non-hydrogen) atoms. The van der Waals surface area contributed by atoms with Crippen molar-refractivity contribution >= 4 is 28.4 Å². The average molecular weight is 419 g/mol. The summed E-state index contributed by atoms with van der Waals surface area (Å²) >= 11 is -0.176. The van der Waals surface area contributed by atoms with E-state index in [0.717, 1.165) is 46.8 Å². The van der Waals surface area contributed by atoms with E-state index in [9.17, 15) is 17.4 Å². The molecule has 2 unspecified atom stereocenters. The molecule has 1 aliphatic rings. The van der Waals surface area contributed by atoms with E-state index in [2.05, 4.69) is 9.71 Å². The predicted octanol–water partition coefficient (Wildman–Crippen LogP) is 4.97. The number of hydrogen-bond acceptors (Lipinski definition) is 3. The van der Waals surface area contributed by atoms with Crippen LogP contribution in [0.2, 0.25) is 0 Å². The van der Waals surface area contributed by atoms with E-state index in [-0.39, 0.29) is 23.7 Å². The van der Waals surface area contributed by atoms with Crippen LogP contribution in [0.5, 0.6) is 0 Å². The van der Waals surface area contributed by atoms with Crippen molar-refractivity contribution in [2.75, 3.05) is 4.72 Å². The summed E-state index contributed by atoms with van der Waals surface area (Å²) in [7, 11) is 0. The number of aromatic nitrogens is 2. The Hall–Kier alpha value is -2.48. The minimum atomic E-state index is -4.36. The lowest BCUT2D eigenvalue weighted by molar-refractivity contribution is -0.137. The lowest BCUT2D eigenvalue weighted by Gasteiger charge is -2.36. The molecule has 4 rings (SSSR count). The highest BCUT2D eigenvalue weighted by Crippen LogP contribution is 2.45. The van der Waals surface area contributed by atoms with Crippen LogP contribution in [0.4, 0.5) is 18.9 Å². The van der Waals surface area contributed by atoms with E-state index in [4.69, 9.17) is 4.98 Å². The lowest BCUT2D eigenvalue weighted by atomic mass is 9.69. The molecule has 1 saturated carbocycles. The molecule has 152 valence electrons. The number of thiol groups is 1. The average Bonchev–Trinajstić information content (AvgIpc) is 2.66. The molecule has 8 heteroatoms. The first-order valence-electron chi connectivity index (χ1n) is 9.37. The van der Waals surface area contributed by atoms with Gasteiger partial charge in [-0.3, -0.25) is 9.97 Å². The molecule has 0 saturated heterocycles. The van der Waals surface area contributed by atoms with Crippen molar-refractivity contribution in [2.45, 2.75) is 38.3 Å². The van der Waals surface area contributed by atoms with Gasteiger partial charge in [0.05, 0.1) is 16.8 Å². The maximum atomic E-state index is 13.0. The zero-order chi connectivity index (χ0) is 20.6. The molecule has 1 aliphatic carbocycles. The van der Waals surface area contributed by atoms with Crippen LogP contribution in [-0.4, -0.2) is 14.2 Å². The molecular weight excluding hydrogens is 399 g/mol. The first kappa shape index (κ1) is 19.8. The van der Waals surface area contributed by atoms with Crippen LogP contribution in [0.25, 0.3) is 10.9 Å². The van der Waals surface area contributed by atoms with E-state index in [1.807, 2.05) is 31.2 Å². The van der Waals surface area contributed by atoms with Gasteiger partial charge in [-0.25, -0.2) is 4.21 Å². The van der Waals surface area contributed by atoms with Crippen LogP contribution in [0.3, 0.4) is 0 Å². The molecule has 0 bridgehead atoms. The van der Waals surface area contributed by atoms with Gasteiger partial charge in [-0.05, 0) is 68.0 Å². The zero-order valence-electron chi connectivity index (χ0n) is 15.7. The summed E-state index contributed by atoms with van der Waals surface area (Å²) in [6.07, 6.45) is -0.637. The number of benzene rings is 1. The Morgan fingerprint density at radius 2 is 2.03 bits per heavy atom. The van der Waals surface area contributed by atoms with Gasteiger partial charge in [0.25, 0.3) is 0 Å². The number of rotatable bonds is 5. The lowest BCUT2D eigenvalue weighted by Crippen LogP contribution is -2.27. The van der Waals surface area contributed by atoms with Gasteiger partial charge in [0.1, 0.15) is 11.9 Å². The summed E-state index contributed by atoms with van der Waals surface area (Å²) in [6.45, 7) is 1.98. The highest BCUT2D eigenvalue weighted by atomic mass is 32.2. The largest absolute Gasteiger partial charge is 0.416 e. The third-order valence-electron chi connectivity index (χ3n) is 5.68. The standard InChI is InChI=1S/C21H20F3N3OS/c1-12-9-16-17(3-2-4-18(16)27-29-28)26-19(12)10-13-5-6-15(13)20-11-14(7-8-25-20)21(22,23)24/h2-4,7-9,11,13,15,29H,5-6,10H2,1H3,(H,27,28). The smallest absolute Gasteiger partial charge is 0.307 e. The van der Waals surface area contributed by atoms with Gasteiger partial charge >= 0.3 is 6.18 Å². The summed E-state index contributed by atoms with van der Waals surface area (Å²) in [5, 5.41) is 0.891. The van der Waals surface area contributed by atoms with Crippen LogP contribution in [0.15, 0.2) is 42.6 Å². The maximum absolute atomic E-state index is 13.0. The number of nitrogens with zero attached hydrogens (tertiary/aromatic N) is 2. The molecule has 0 amide bonds. The molecule has 2 atom stereocenters. The minimum Gasteiger partial charge on any atom is -0.307 e. The molecule has 2 heterocycles. The van der Waals surface area contributed by atoms with Crippen molar-refractivity contribution in [2.24, 2.45) is 5.92 Å².